The van der Waals surface area contributed by atoms with Crippen LogP contribution < -0.4 is 9.64 Å². The molecule has 1 amide bonds. The molecule has 0 unspecified atom stereocenters. The average Bonchev–Trinajstić information content (AvgIpc) is 2.52. The maximum atomic E-state index is 11.8. The van der Waals surface area contributed by atoms with Crippen molar-refractivity contribution in [2.24, 2.45) is 0 Å². The second-order valence-electron chi connectivity index (χ2n) is 4.26. The zero-order valence-electron chi connectivity index (χ0n) is 10.3. The highest BCUT2D eigenvalue weighted by Crippen LogP contribution is 2.28. The van der Waals surface area contributed by atoms with E-state index in [1.807, 2.05) is 31.3 Å². The molecule has 17 heavy (non-hydrogen) atoms. The van der Waals surface area contributed by atoms with Crippen molar-refractivity contribution in [1.29, 1.82) is 0 Å². The number of ether oxygens (including phenoxy) is 1. The van der Waals surface area contributed by atoms with Crippen LogP contribution in [0, 0.1) is 0 Å². The highest BCUT2D eigenvalue weighted by Gasteiger charge is 2.20. The second kappa shape index (κ2) is 5.08. The molecule has 1 heterocycles. The standard InChI is InChI=1S/C13H18N2O2/c1-14-8-5-9-15(10-13(14)16)11-6-3-4-7-12(11)17-2/h3-4,6-7H,5,8-10H2,1-2H3. The molecule has 4 heteroatoms. The molecular weight excluding hydrogens is 216 g/mol. The van der Waals surface area contributed by atoms with Crippen molar-refractivity contribution in [2.75, 3.05) is 38.7 Å². The van der Waals surface area contributed by atoms with Gasteiger partial charge in [0.25, 0.3) is 0 Å². The summed E-state index contributed by atoms with van der Waals surface area (Å²) in [5, 5.41) is 0. The van der Waals surface area contributed by atoms with Crippen molar-refractivity contribution < 1.29 is 9.53 Å². The van der Waals surface area contributed by atoms with Crippen LogP contribution in [0.25, 0.3) is 0 Å². The lowest BCUT2D eigenvalue weighted by molar-refractivity contribution is -0.127. The van der Waals surface area contributed by atoms with Crippen LogP contribution in [0.15, 0.2) is 24.3 Å². The Kier molecular flexibility index (Phi) is 3.52. The number of anilines is 1. The van der Waals surface area contributed by atoms with E-state index in [1.165, 1.54) is 0 Å². The minimum absolute atomic E-state index is 0.161. The van der Waals surface area contributed by atoms with Crippen LogP contribution in [0.2, 0.25) is 0 Å². The molecule has 0 spiro atoms. The number of hydrogen-bond acceptors (Lipinski definition) is 3. The van der Waals surface area contributed by atoms with E-state index in [1.54, 1.807) is 12.0 Å². The summed E-state index contributed by atoms with van der Waals surface area (Å²) in [5.41, 5.74) is 0.999. The lowest BCUT2D eigenvalue weighted by Gasteiger charge is -2.23. The Labute approximate surface area is 102 Å². The Hall–Kier alpha value is -1.71. The topological polar surface area (TPSA) is 32.8 Å². The van der Waals surface area contributed by atoms with Gasteiger partial charge in [-0.2, -0.15) is 0 Å². The average molecular weight is 234 g/mol. The number of benzene rings is 1. The molecule has 0 aliphatic carbocycles. The van der Waals surface area contributed by atoms with Crippen LogP contribution >= 0.6 is 0 Å². The van der Waals surface area contributed by atoms with E-state index in [9.17, 15) is 4.79 Å². The summed E-state index contributed by atoms with van der Waals surface area (Å²) in [7, 11) is 3.51. The van der Waals surface area contributed by atoms with Gasteiger partial charge in [0.05, 0.1) is 19.3 Å². The first-order valence-electron chi connectivity index (χ1n) is 5.84. The molecule has 0 N–H and O–H groups in total. The predicted octanol–water partition coefficient (Wildman–Crippen LogP) is 1.36. The molecule has 1 aromatic carbocycles. The highest BCUT2D eigenvalue weighted by molar-refractivity contribution is 5.82. The molecule has 1 aliphatic rings. The van der Waals surface area contributed by atoms with Crippen LogP contribution in [-0.2, 0) is 4.79 Å². The smallest absolute Gasteiger partial charge is 0.241 e. The molecule has 2 rings (SSSR count). The molecule has 0 saturated carbocycles. The van der Waals surface area contributed by atoms with Crippen molar-refractivity contribution in [2.45, 2.75) is 6.42 Å². The molecular formula is C13H18N2O2. The number of rotatable bonds is 2. The van der Waals surface area contributed by atoms with Gasteiger partial charge in [0.15, 0.2) is 0 Å². The quantitative estimate of drug-likeness (QED) is 0.774. The SMILES string of the molecule is COc1ccccc1N1CCCN(C)C(=O)C1. The van der Waals surface area contributed by atoms with Gasteiger partial charge in [0.2, 0.25) is 5.91 Å². The van der Waals surface area contributed by atoms with Gasteiger partial charge in [-0.1, -0.05) is 12.1 Å². The fourth-order valence-corrected chi connectivity index (χ4v) is 2.08. The summed E-state index contributed by atoms with van der Waals surface area (Å²) >= 11 is 0. The fraction of sp³-hybridized carbons (Fsp3) is 0.462. The number of amides is 1. The largest absolute Gasteiger partial charge is 0.495 e. The lowest BCUT2D eigenvalue weighted by Crippen LogP contribution is -2.34. The van der Waals surface area contributed by atoms with Crippen LogP contribution in [-0.4, -0.2) is 44.6 Å². The monoisotopic (exact) mass is 234 g/mol. The molecule has 0 atom stereocenters. The van der Waals surface area contributed by atoms with Crippen LogP contribution in [0.5, 0.6) is 5.75 Å². The lowest BCUT2D eigenvalue weighted by atomic mass is 10.2. The summed E-state index contributed by atoms with van der Waals surface area (Å²) in [6.07, 6.45) is 0.986. The maximum absolute atomic E-state index is 11.8. The van der Waals surface area contributed by atoms with Gasteiger partial charge in [0.1, 0.15) is 5.75 Å². The summed E-state index contributed by atoms with van der Waals surface area (Å²) in [5.74, 6) is 0.984. The zero-order valence-corrected chi connectivity index (χ0v) is 10.3. The summed E-state index contributed by atoms with van der Waals surface area (Å²) < 4.78 is 5.33. The molecule has 0 radical (unpaired) electrons. The van der Waals surface area contributed by atoms with Crippen LogP contribution in [0.4, 0.5) is 5.69 Å². The van der Waals surface area contributed by atoms with E-state index in [0.717, 1.165) is 30.9 Å². The zero-order chi connectivity index (χ0) is 12.3. The molecule has 0 bridgehead atoms. The Balaban J connectivity index is 2.23. The first-order chi connectivity index (χ1) is 8.22. The van der Waals surface area contributed by atoms with E-state index in [2.05, 4.69) is 4.90 Å². The van der Waals surface area contributed by atoms with Gasteiger partial charge >= 0.3 is 0 Å². The van der Waals surface area contributed by atoms with Gasteiger partial charge < -0.3 is 14.5 Å². The highest BCUT2D eigenvalue weighted by atomic mass is 16.5. The molecule has 1 saturated heterocycles. The minimum Gasteiger partial charge on any atom is -0.495 e. The van der Waals surface area contributed by atoms with Gasteiger partial charge in [-0.3, -0.25) is 4.79 Å². The minimum atomic E-state index is 0.161. The number of methoxy groups -OCH3 is 1. The van der Waals surface area contributed by atoms with Crippen molar-refractivity contribution >= 4 is 11.6 Å². The van der Waals surface area contributed by atoms with Gasteiger partial charge in [0, 0.05) is 20.1 Å². The number of carbonyl (C=O) groups excluding carboxylic acids is 1. The summed E-state index contributed by atoms with van der Waals surface area (Å²) in [6.45, 7) is 2.14. The third-order valence-electron chi connectivity index (χ3n) is 3.10. The normalized spacial score (nSPS) is 16.9. The first-order valence-corrected chi connectivity index (χ1v) is 5.84. The van der Waals surface area contributed by atoms with E-state index < -0.39 is 0 Å². The van der Waals surface area contributed by atoms with Crippen molar-refractivity contribution in [3.8, 4) is 5.75 Å². The number of carbonyl (C=O) groups is 1. The van der Waals surface area contributed by atoms with Crippen molar-refractivity contribution in [3.05, 3.63) is 24.3 Å². The fourth-order valence-electron chi connectivity index (χ4n) is 2.08. The maximum Gasteiger partial charge on any atom is 0.241 e. The third-order valence-corrected chi connectivity index (χ3v) is 3.10. The Morgan fingerprint density at radius 2 is 2.00 bits per heavy atom. The van der Waals surface area contributed by atoms with Crippen LogP contribution in [0.3, 0.4) is 0 Å². The predicted molar refractivity (Wildman–Crippen MR) is 67.5 cm³/mol. The van der Waals surface area contributed by atoms with E-state index in [4.69, 9.17) is 4.74 Å². The van der Waals surface area contributed by atoms with E-state index >= 15 is 0 Å². The second-order valence-corrected chi connectivity index (χ2v) is 4.26. The number of hydrogen-bond donors (Lipinski definition) is 0. The van der Waals surface area contributed by atoms with Crippen LogP contribution in [0.1, 0.15) is 6.42 Å². The number of para-hydroxylation sites is 2. The van der Waals surface area contributed by atoms with E-state index in [-0.39, 0.29) is 5.91 Å². The molecule has 4 nitrogen and oxygen atoms in total. The molecule has 1 aromatic rings. The molecule has 92 valence electrons. The van der Waals surface area contributed by atoms with Gasteiger partial charge in [-0.05, 0) is 18.6 Å². The molecule has 0 aromatic heterocycles. The van der Waals surface area contributed by atoms with E-state index in [0.29, 0.717) is 6.54 Å². The van der Waals surface area contributed by atoms with Crippen molar-refractivity contribution in [1.82, 2.24) is 4.90 Å². The molecule has 1 aliphatic heterocycles. The summed E-state index contributed by atoms with van der Waals surface area (Å²) in [6, 6.07) is 7.83. The number of nitrogens with zero attached hydrogens (tertiary/aromatic N) is 2. The Morgan fingerprint density at radius 1 is 1.24 bits per heavy atom. The van der Waals surface area contributed by atoms with Gasteiger partial charge in [-0.15, -0.1) is 0 Å². The third kappa shape index (κ3) is 2.52. The Morgan fingerprint density at radius 3 is 2.76 bits per heavy atom. The van der Waals surface area contributed by atoms with Crippen molar-refractivity contribution in [3.63, 3.8) is 0 Å². The van der Waals surface area contributed by atoms with Gasteiger partial charge in [-0.25, -0.2) is 0 Å². The Bertz CT molecular complexity index is 406. The summed E-state index contributed by atoms with van der Waals surface area (Å²) in [4.78, 5) is 15.7. The first kappa shape index (κ1) is 11.8. The molecule has 1 fully saturated rings. The number of likely N-dealkylation sites (N-methyl/N-ethyl adjacent to an activating group) is 1.